The molecule has 0 aliphatic carbocycles. The number of nitrogens with two attached hydrogens (primary N) is 1. The second kappa shape index (κ2) is 3.72. The Morgan fingerprint density at radius 3 is 3.00 bits per heavy atom. The summed E-state index contributed by atoms with van der Waals surface area (Å²) in [7, 11) is 0. The van der Waals surface area contributed by atoms with Gasteiger partial charge in [0.05, 0.1) is 0 Å². The molecule has 0 radical (unpaired) electrons. The van der Waals surface area contributed by atoms with Gasteiger partial charge < -0.3 is 10.6 Å². The van der Waals surface area contributed by atoms with Crippen molar-refractivity contribution in [3.05, 3.63) is 0 Å². The van der Waals surface area contributed by atoms with Crippen molar-refractivity contribution in [3.8, 4) is 0 Å². The molecular formula is C8H16N2O. The van der Waals surface area contributed by atoms with Gasteiger partial charge in [-0.3, -0.25) is 4.79 Å². The van der Waals surface area contributed by atoms with Gasteiger partial charge in [-0.05, 0) is 12.8 Å². The lowest BCUT2D eigenvalue weighted by atomic mass is 10.1. The number of amides is 1. The Balaban J connectivity index is 2.38. The molecule has 1 fully saturated rings. The summed E-state index contributed by atoms with van der Waals surface area (Å²) in [5.41, 5.74) is 5.64. The Bertz CT molecular complexity index is 147. The minimum Gasteiger partial charge on any atom is -0.343 e. The minimum atomic E-state index is 0.107. The summed E-state index contributed by atoms with van der Waals surface area (Å²) in [5.74, 6) is 0.227. The molecule has 11 heavy (non-hydrogen) atoms. The summed E-state index contributed by atoms with van der Waals surface area (Å²) in [6.45, 7) is 3.83. The Labute approximate surface area is 67.5 Å². The van der Waals surface area contributed by atoms with Gasteiger partial charge in [0, 0.05) is 25.6 Å². The van der Waals surface area contributed by atoms with Gasteiger partial charge in [0.1, 0.15) is 0 Å². The first-order chi connectivity index (χ1) is 5.24. The number of hydrogen-bond donors (Lipinski definition) is 1. The topological polar surface area (TPSA) is 46.3 Å². The summed E-state index contributed by atoms with van der Waals surface area (Å²) in [6, 6.07) is 0.107. The molecule has 0 aromatic carbocycles. The maximum atomic E-state index is 11.2. The van der Waals surface area contributed by atoms with Gasteiger partial charge in [0.25, 0.3) is 0 Å². The maximum Gasteiger partial charge on any atom is 0.224 e. The molecule has 0 spiro atoms. The molecule has 1 aliphatic heterocycles. The number of hydrogen-bond acceptors (Lipinski definition) is 2. The van der Waals surface area contributed by atoms with Crippen LogP contribution in [0.4, 0.5) is 0 Å². The molecule has 1 unspecified atom stereocenters. The van der Waals surface area contributed by atoms with Crippen molar-refractivity contribution in [2.45, 2.75) is 32.2 Å². The normalized spacial score (nSPS) is 25.8. The largest absolute Gasteiger partial charge is 0.343 e. The fraction of sp³-hybridized carbons (Fsp3) is 0.875. The van der Waals surface area contributed by atoms with Crippen LogP contribution in [0.3, 0.4) is 0 Å². The van der Waals surface area contributed by atoms with E-state index in [-0.39, 0.29) is 11.9 Å². The van der Waals surface area contributed by atoms with E-state index in [4.69, 9.17) is 5.73 Å². The van der Waals surface area contributed by atoms with E-state index in [2.05, 4.69) is 6.92 Å². The SMILES string of the molecule is CCCN1CCC(N)CC1=O. The standard InChI is InChI=1S/C8H16N2O/c1-2-4-10-5-3-7(9)6-8(10)11/h7H,2-6,9H2,1H3. The van der Waals surface area contributed by atoms with E-state index in [1.54, 1.807) is 0 Å². The van der Waals surface area contributed by atoms with E-state index >= 15 is 0 Å². The monoisotopic (exact) mass is 156 g/mol. The van der Waals surface area contributed by atoms with Crippen molar-refractivity contribution in [2.24, 2.45) is 5.73 Å². The van der Waals surface area contributed by atoms with Crippen molar-refractivity contribution in [2.75, 3.05) is 13.1 Å². The molecule has 1 heterocycles. The Morgan fingerprint density at radius 2 is 2.45 bits per heavy atom. The smallest absolute Gasteiger partial charge is 0.224 e. The molecule has 64 valence electrons. The maximum absolute atomic E-state index is 11.2. The summed E-state index contributed by atoms with van der Waals surface area (Å²) in [4.78, 5) is 13.1. The van der Waals surface area contributed by atoms with Crippen molar-refractivity contribution >= 4 is 5.91 Å². The summed E-state index contributed by atoms with van der Waals surface area (Å²) < 4.78 is 0. The zero-order valence-electron chi connectivity index (χ0n) is 7.05. The molecule has 0 aromatic heterocycles. The highest BCUT2D eigenvalue weighted by molar-refractivity contribution is 5.77. The van der Waals surface area contributed by atoms with Gasteiger partial charge in [-0.25, -0.2) is 0 Å². The lowest BCUT2D eigenvalue weighted by Crippen LogP contribution is -2.44. The molecule has 1 saturated heterocycles. The molecule has 2 N–H and O–H groups in total. The molecule has 3 heteroatoms. The third-order valence-corrected chi connectivity index (χ3v) is 2.05. The van der Waals surface area contributed by atoms with Crippen LogP contribution < -0.4 is 5.73 Å². The lowest BCUT2D eigenvalue weighted by Gasteiger charge is -2.29. The van der Waals surface area contributed by atoms with Crippen molar-refractivity contribution in [1.29, 1.82) is 0 Å². The molecule has 1 atom stereocenters. The average molecular weight is 156 g/mol. The number of piperidine rings is 1. The van der Waals surface area contributed by atoms with Crippen LogP contribution in [0, 0.1) is 0 Å². The highest BCUT2D eigenvalue weighted by Crippen LogP contribution is 2.09. The zero-order chi connectivity index (χ0) is 8.27. The first-order valence-electron chi connectivity index (χ1n) is 4.27. The van der Waals surface area contributed by atoms with Crippen LogP contribution >= 0.6 is 0 Å². The van der Waals surface area contributed by atoms with Crippen molar-refractivity contribution in [3.63, 3.8) is 0 Å². The molecule has 3 nitrogen and oxygen atoms in total. The van der Waals surface area contributed by atoms with Gasteiger partial charge in [-0.15, -0.1) is 0 Å². The van der Waals surface area contributed by atoms with E-state index in [0.717, 1.165) is 25.9 Å². The first-order valence-corrected chi connectivity index (χ1v) is 4.27. The lowest BCUT2D eigenvalue weighted by molar-refractivity contribution is -0.133. The third kappa shape index (κ3) is 2.19. The Hall–Kier alpha value is -0.570. The number of likely N-dealkylation sites (tertiary alicyclic amines) is 1. The average Bonchev–Trinajstić information content (AvgIpc) is 1.95. The Kier molecular flexibility index (Phi) is 2.88. The van der Waals surface area contributed by atoms with Crippen LogP contribution in [0.2, 0.25) is 0 Å². The second-order valence-electron chi connectivity index (χ2n) is 3.13. The summed E-state index contributed by atoms with van der Waals surface area (Å²) in [6.07, 6.45) is 2.55. The van der Waals surface area contributed by atoms with Gasteiger partial charge >= 0.3 is 0 Å². The second-order valence-corrected chi connectivity index (χ2v) is 3.13. The van der Waals surface area contributed by atoms with Crippen LogP contribution in [-0.4, -0.2) is 29.9 Å². The van der Waals surface area contributed by atoms with E-state index in [1.165, 1.54) is 0 Å². The third-order valence-electron chi connectivity index (χ3n) is 2.05. The predicted octanol–water partition coefficient (Wildman–Crippen LogP) is 0.346. The number of rotatable bonds is 2. The highest BCUT2D eigenvalue weighted by atomic mass is 16.2. The van der Waals surface area contributed by atoms with E-state index < -0.39 is 0 Å². The van der Waals surface area contributed by atoms with Crippen LogP contribution in [0.5, 0.6) is 0 Å². The van der Waals surface area contributed by atoms with E-state index in [1.807, 2.05) is 4.90 Å². The fourth-order valence-corrected chi connectivity index (χ4v) is 1.41. The van der Waals surface area contributed by atoms with Crippen LogP contribution in [-0.2, 0) is 4.79 Å². The number of carbonyl (C=O) groups is 1. The summed E-state index contributed by atoms with van der Waals surface area (Å²) >= 11 is 0. The highest BCUT2D eigenvalue weighted by Gasteiger charge is 2.21. The molecule has 0 saturated carbocycles. The van der Waals surface area contributed by atoms with Gasteiger partial charge in [-0.2, -0.15) is 0 Å². The predicted molar refractivity (Wildman–Crippen MR) is 44.1 cm³/mol. The van der Waals surface area contributed by atoms with Gasteiger partial charge in [0.2, 0.25) is 5.91 Å². The molecule has 1 rings (SSSR count). The van der Waals surface area contributed by atoms with Crippen LogP contribution in [0.25, 0.3) is 0 Å². The Morgan fingerprint density at radius 1 is 1.73 bits per heavy atom. The van der Waals surface area contributed by atoms with Gasteiger partial charge in [0.15, 0.2) is 0 Å². The molecular weight excluding hydrogens is 140 g/mol. The first kappa shape index (κ1) is 8.53. The van der Waals surface area contributed by atoms with Crippen molar-refractivity contribution in [1.82, 2.24) is 4.90 Å². The van der Waals surface area contributed by atoms with Gasteiger partial charge in [-0.1, -0.05) is 6.92 Å². The van der Waals surface area contributed by atoms with Crippen molar-refractivity contribution < 1.29 is 4.79 Å². The number of nitrogens with zero attached hydrogens (tertiary/aromatic N) is 1. The van der Waals surface area contributed by atoms with Crippen LogP contribution in [0.15, 0.2) is 0 Å². The molecule has 1 amide bonds. The quantitative estimate of drug-likeness (QED) is 0.627. The fourth-order valence-electron chi connectivity index (χ4n) is 1.41. The molecule has 0 bridgehead atoms. The zero-order valence-corrected chi connectivity index (χ0v) is 7.05. The minimum absolute atomic E-state index is 0.107. The molecule has 0 aromatic rings. The van der Waals surface area contributed by atoms with E-state index in [0.29, 0.717) is 6.42 Å². The summed E-state index contributed by atoms with van der Waals surface area (Å²) in [5, 5.41) is 0. The number of carbonyl (C=O) groups excluding carboxylic acids is 1. The molecule has 1 aliphatic rings. The van der Waals surface area contributed by atoms with E-state index in [9.17, 15) is 4.79 Å². The van der Waals surface area contributed by atoms with Crippen LogP contribution in [0.1, 0.15) is 26.2 Å².